The van der Waals surface area contributed by atoms with Gasteiger partial charge in [-0.05, 0) is 25.8 Å². The van der Waals surface area contributed by atoms with Gasteiger partial charge >= 0.3 is 0 Å². The van der Waals surface area contributed by atoms with Crippen molar-refractivity contribution in [2.24, 2.45) is 5.73 Å². The van der Waals surface area contributed by atoms with Crippen LogP contribution in [0.5, 0.6) is 0 Å². The van der Waals surface area contributed by atoms with E-state index in [1.54, 1.807) is 0 Å². The van der Waals surface area contributed by atoms with Gasteiger partial charge in [-0.25, -0.2) is 0 Å². The largest absolute Gasteiger partial charge is 0.356 e. The summed E-state index contributed by atoms with van der Waals surface area (Å²) in [5.74, 6) is 0.126. The number of rotatable bonds is 7. The standard InChI is InChI=1S/C9H19N3O/c10-5-1-6-12-9(13)4-7-11-8-2-3-8/h8,11H,1-7,10H2,(H,12,13). The second-order valence-electron chi connectivity index (χ2n) is 3.47. The molecule has 13 heavy (non-hydrogen) atoms. The number of carbonyl (C=O) groups excluding carboxylic acids is 1. The number of nitrogens with two attached hydrogens (primary N) is 1. The highest BCUT2D eigenvalue weighted by atomic mass is 16.1. The van der Waals surface area contributed by atoms with Gasteiger partial charge in [0.05, 0.1) is 0 Å². The van der Waals surface area contributed by atoms with Crippen molar-refractivity contribution in [3.8, 4) is 0 Å². The first-order valence-electron chi connectivity index (χ1n) is 5.03. The summed E-state index contributed by atoms with van der Waals surface area (Å²) < 4.78 is 0. The van der Waals surface area contributed by atoms with Crippen molar-refractivity contribution in [2.45, 2.75) is 31.7 Å². The first kappa shape index (κ1) is 10.5. The first-order valence-corrected chi connectivity index (χ1v) is 5.03. The number of hydrogen-bond acceptors (Lipinski definition) is 3. The Hall–Kier alpha value is -0.610. The van der Waals surface area contributed by atoms with Gasteiger partial charge in [-0.2, -0.15) is 0 Å². The molecule has 0 aliphatic heterocycles. The highest BCUT2D eigenvalue weighted by Gasteiger charge is 2.19. The highest BCUT2D eigenvalue weighted by Crippen LogP contribution is 2.18. The van der Waals surface area contributed by atoms with Crippen LogP contribution in [0, 0.1) is 0 Å². The summed E-state index contributed by atoms with van der Waals surface area (Å²) in [7, 11) is 0. The van der Waals surface area contributed by atoms with E-state index >= 15 is 0 Å². The van der Waals surface area contributed by atoms with Crippen LogP contribution in [0.1, 0.15) is 25.7 Å². The lowest BCUT2D eigenvalue weighted by Gasteiger charge is -2.04. The fourth-order valence-electron chi connectivity index (χ4n) is 1.10. The maximum Gasteiger partial charge on any atom is 0.221 e. The molecule has 1 aliphatic carbocycles. The third-order valence-corrected chi connectivity index (χ3v) is 2.07. The van der Waals surface area contributed by atoms with Crippen LogP contribution in [-0.2, 0) is 4.79 Å². The van der Waals surface area contributed by atoms with Gasteiger partial charge in [0.1, 0.15) is 0 Å². The van der Waals surface area contributed by atoms with Crippen LogP contribution in [-0.4, -0.2) is 31.6 Å². The average molecular weight is 185 g/mol. The van der Waals surface area contributed by atoms with Crippen molar-refractivity contribution in [3.05, 3.63) is 0 Å². The molecule has 0 aromatic carbocycles. The third kappa shape index (κ3) is 5.60. The molecule has 0 bridgehead atoms. The van der Waals surface area contributed by atoms with Crippen molar-refractivity contribution in [1.29, 1.82) is 0 Å². The SMILES string of the molecule is NCCCNC(=O)CCNC1CC1. The molecule has 4 heteroatoms. The van der Waals surface area contributed by atoms with Crippen LogP contribution in [0.3, 0.4) is 0 Å². The molecule has 1 rings (SSSR count). The molecule has 1 amide bonds. The van der Waals surface area contributed by atoms with E-state index < -0.39 is 0 Å². The Balaban J connectivity index is 1.84. The van der Waals surface area contributed by atoms with Crippen molar-refractivity contribution in [1.82, 2.24) is 10.6 Å². The van der Waals surface area contributed by atoms with Crippen LogP contribution in [0.4, 0.5) is 0 Å². The van der Waals surface area contributed by atoms with Crippen LogP contribution in [0.25, 0.3) is 0 Å². The fraction of sp³-hybridized carbons (Fsp3) is 0.889. The van der Waals surface area contributed by atoms with Gasteiger partial charge in [0, 0.05) is 25.6 Å². The lowest BCUT2D eigenvalue weighted by Crippen LogP contribution is -2.29. The Morgan fingerprint density at radius 1 is 1.38 bits per heavy atom. The van der Waals surface area contributed by atoms with Crippen molar-refractivity contribution in [3.63, 3.8) is 0 Å². The fourth-order valence-corrected chi connectivity index (χ4v) is 1.10. The van der Waals surface area contributed by atoms with Gasteiger partial charge < -0.3 is 16.4 Å². The molecular weight excluding hydrogens is 166 g/mol. The van der Waals surface area contributed by atoms with Gasteiger partial charge in [0.2, 0.25) is 5.91 Å². The van der Waals surface area contributed by atoms with E-state index in [0.717, 1.165) is 13.0 Å². The maximum atomic E-state index is 11.1. The smallest absolute Gasteiger partial charge is 0.221 e. The molecule has 1 aliphatic rings. The summed E-state index contributed by atoms with van der Waals surface area (Å²) in [6.45, 7) is 2.15. The molecule has 4 N–H and O–H groups in total. The Labute approximate surface area is 79.3 Å². The van der Waals surface area contributed by atoms with Crippen LogP contribution in [0.2, 0.25) is 0 Å². The molecule has 0 spiro atoms. The number of nitrogens with one attached hydrogen (secondary N) is 2. The maximum absolute atomic E-state index is 11.1. The molecule has 0 atom stereocenters. The Bertz CT molecular complexity index is 157. The predicted octanol–water partition coefficient (Wildman–Crippen LogP) is -0.406. The summed E-state index contributed by atoms with van der Waals surface area (Å²) in [4.78, 5) is 11.1. The quantitative estimate of drug-likeness (QED) is 0.472. The molecule has 76 valence electrons. The summed E-state index contributed by atoms with van der Waals surface area (Å²) >= 11 is 0. The van der Waals surface area contributed by atoms with Crippen molar-refractivity contribution >= 4 is 5.91 Å². The molecule has 0 aromatic rings. The van der Waals surface area contributed by atoms with E-state index in [0.29, 0.717) is 25.6 Å². The third-order valence-electron chi connectivity index (χ3n) is 2.07. The first-order chi connectivity index (χ1) is 6.33. The normalized spacial score (nSPS) is 15.8. The van der Waals surface area contributed by atoms with Crippen LogP contribution in [0.15, 0.2) is 0 Å². The lowest BCUT2D eigenvalue weighted by molar-refractivity contribution is -0.120. The van der Waals surface area contributed by atoms with Crippen LogP contribution < -0.4 is 16.4 Å². The summed E-state index contributed by atoms with van der Waals surface area (Å²) in [5, 5.41) is 6.11. The van der Waals surface area contributed by atoms with Gasteiger partial charge in [-0.15, -0.1) is 0 Å². The van der Waals surface area contributed by atoms with Gasteiger partial charge in [0.15, 0.2) is 0 Å². The lowest BCUT2D eigenvalue weighted by atomic mass is 10.3. The van der Waals surface area contributed by atoms with Crippen LogP contribution >= 0.6 is 0 Å². The van der Waals surface area contributed by atoms with Gasteiger partial charge in [-0.3, -0.25) is 4.79 Å². The number of carbonyl (C=O) groups is 1. The number of hydrogen-bond donors (Lipinski definition) is 3. The van der Waals surface area contributed by atoms with E-state index in [1.165, 1.54) is 12.8 Å². The molecule has 0 heterocycles. The Morgan fingerprint density at radius 3 is 2.77 bits per heavy atom. The predicted molar refractivity (Wildman–Crippen MR) is 52.3 cm³/mol. The summed E-state index contributed by atoms with van der Waals surface area (Å²) in [6, 6.07) is 0.692. The second kappa shape index (κ2) is 5.94. The molecular formula is C9H19N3O. The topological polar surface area (TPSA) is 67.1 Å². The van der Waals surface area contributed by atoms with Crippen molar-refractivity contribution in [2.75, 3.05) is 19.6 Å². The summed E-state index contributed by atoms with van der Waals surface area (Å²) in [5.41, 5.74) is 5.30. The van der Waals surface area contributed by atoms with E-state index in [-0.39, 0.29) is 5.91 Å². The molecule has 0 unspecified atom stereocenters. The number of amides is 1. The van der Waals surface area contributed by atoms with E-state index in [4.69, 9.17) is 5.73 Å². The van der Waals surface area contributed by atoms with Gasteiger partial charge in [-0.1, -0.05) is 0 Å². The van der Waals surface area contributed by atoms with Crippen molar-refractivity contribution < 1.29 is 4.79 Å². The zero-order chi connectivity index (χ0) is 9.52. The molecule has 1 fully saturated rings. The average Bonchev–Trinajstić information content (AvgIpc) is 2.89. The second-order valence-corrected chi connectivity index (χ2v) is 3.47. The van der Waals surface area contributed by atoms with E-state index in [9.17, 15) is 4.79 Å². The highest BCUT2D eigenvalue weighted by molar-refractivity contribution is 5.75. The zero-order valence-corrected chi connectivity index (χ0v) is 8.01. The minimum atomic E-state index is 0.126. The van der Waals surface area contributed by atoms with Gasteiger partial charge in [0.25, 0.3) is 0 Å². The molecule has 0 aromatic heterocycles. The summed E-state index contributed by atoms with van der Waals surface area (Å²) in [6.07, 6.45) is 3.99. The Kier molecular flexibility index (Phi) is 4.78. The monoisotopic (exact) mass is 185 g/mol. The molecule has 1 saturated carbocycles. The van der Waals surface area contributed by atoms with E-state index in [2.05, 4.69) is 10.6 Å². The zero-order valence-electron chi connectivity index (χ0n) is 8.01. The minimum Gasteiger partial charge on any atom is -0.356 e. The molecule has 0 radical (unpaired) electrons. The Morgan fingerprint density at radius 2 is 2.15 bits per heavy atom. The minimum absolute atomic E-state index is 0.126. The van der Waals surface area contributed by atoms with E-state index in [1.807, 2.05) is 0 Å². The molecule has 4 nitrogen and oxygen atoms in total. The molecule has 0 saturated heterocycles.